The third kappa shape index (κ3) is 3.88. The molecule has 4 atom stereocenters. The van der Waals surface area contributed by atoms with E-state index in [1.165, 1.54) is 22.7 Å². The first-order valence-electron chi connectivity index (χ1n) is 12.3. The second-order valence-electron chi connectivity index (χ2n) is 10.1. The second kappa shape index (κ2) is 8.99. The molecule has 1 aliphatic carbocycles. The molecule has 11 nitrogen and oxygen atoms in total. The monoisotopic (exact) mass is 574 g/mol. The van der Waals surface area contributed by atoms with E-state index in [1.54, 1.807) is 36.2 Å². The van der Waals surface area contributed by atoms with Crippen molar-refractivity contribution in [3.63, 3.8) is 0 Å². The summed E-state index contributed by atoms with van der Waals surface area (Å²) in [5.74, 6) is -0.860. The minimum absolute atomic E-state index is 0.0286. The Hall–Kier alpha value is -3.10. The summed E-state index contributed by atoms with van der Waals surface area (Å²) in [6.07, 6.45) is 3.75. The number of fused-ring (bicyclic) bond motifs is 1. The van der Waals surface area contributed by atoms with E-state index in [4.69, 9.17) is 0 Å². The molecule has 2 N–H and O–H groups in total. The summed E-state index contributed by atoms with van der Waals surface area (Å²) >= 11 is 2.62. The van der Waals surface area contributed by atoms with Gasteiger partial charge in [0.1, 0.15) is 16.4 Å². The molecule has 3 aromatic heterocycles. The number of imide groups is 1. The molecule has 3 aliphatic rings. The largest absolute Gasteiger partial charge is 0.346 e. The first-order chi connectivity index (χ1) is 18.1. The van der Waals surface area contributed by atoms with Crippen LogP contribution in [0.1, 0.15) is 61.3 Å². The lowest BCUT2D eigenvalue weighted by atomic mass is 9.91. The molecule has 38 heavy (non-hydrogen) atoms. The predicted molar refractivity (Wildman–Crippen MR) is 139 cm³/mol. The second-order valence-corrected chi connectivity index (χ2v) is 14.5. The molecule has 3 aromatic rings. The Morgan fingerprint density at radius 3 is 2.76 bits per heavy atom. The SMILES string of the molecule is CC(NC(=O)CN1C(=O)NC(c2cccs2)(C2CC2)C1=O)c1cn([C@H]2C[C@H](C)S(=O)(=O)c3sccc32)nn1. The molecule has 0 bridgehead atoms. The summed E-state index contributed by atoms with van der Waals surface area (Å²) in [5, 5.41) is 17.2. The van der Waals surface area contributed by atoms with Crippen molar-refractivity contribution in [1.82, 2.24) is 30.5 Å². The zero-order valence-electron chi connectivity index (χ0n) is 20.7. The predicted octanol–water partition coefficient (Wildman–Crippen LogP) is 2.59. The van der Waals surface area contributed by atoms with Crippen molar-refractivity contribution in [2.24, 2.45) is 5.92 Å². The Kier molecular flexibility index (Phi) is 5.96. The van der Waals surface area contributed by atoms with Gasteiger partial charge in [-0.1, -0.05) is 11.3 Å². The molecule has 1 saturated heterocycles. The quantitative estimate of drug-likeness (QED) is 0.413. The lowest BCUT2D eigenvalue weighted by molar-refractivity contribution is -0.136. The molecule has 5 heterocycles. The van der Waals surface area contributed by atoms with Gasteiger partial charge in [-0.25, -0.2) is 17.9 Å². The summed E-state index contributed by atoms with van der Waals surface area (Å²) in [5.41, 5.74) is 0.0920. The fourth-order valence-corrected chi connectivity index (χ4v) is 9.49. The lowest BCUT2D eigenvalue weighted by Crippen LogP contribution is -2.46. The normalized spacial score (nSPS) is 27.2. The highest BCUT2D eigenvalue weighted by Gasteiger charge is 2.61. The number of sulfone groups is 1. The van der Waals surface area contributed by atoms with Crippen molar-refractivity contribution in [2.45, 2.75) is 60.2 Å². The Labute approximate surface area is 227 Å². The summed E-state index contributed by atoms with van der Waals surface area (Å²) in [6, 6.07) is 4.09. The number of amides is 4. The van der Waals surface area contributed by atoms with E-state index in [0.29, 0.717) is 21.9 Å². The summed E-state index contributed by atoms with van der Waals surface area (Å²) in [6.45, 7) is 3.03. The van der Waals surface area contributed by atoms with Crippen molar-refractivity contribution in [3.8, 4) is 0 Å². The third-order valence-corrected chi connectivity index (χ3v) is 12.3. The van der Waals surface area contributed by atoms with Crippen LogP contribution >= 0.6 is 22.7 Å². The number of urea groups is 1. The van der Waals surface area contributed by atoms with E-state index in [1.807, 2.05) is 17.5 Å². The maximum Gasteiger partial charge on any atom is 0.325 e. The van der Waals surface area contributed by atoms with E-state index in [0.717, 1.165) is 22.6 Å². The molecule has 2 unspecified atom stereocenters. The molecule has 2 aliphatic heterocycles. The number of hydrogen-bond acceptors (Lipinski definition) is 9. The van der Waals surface area contributed by atoms with Gasteiger partial charge in [-0.3, -0.25) is 14.5 Å². The molecular weight excluding hydrogens is 549 g/mol. The molecule has 1 saturated carbocycles. The van der Waals surface area contributed by atoms with Crippen molar-refractivity contribution in [2.75, 3.05) is 6.54 Å². The Bertz CT molecular complexity index is 1530. The highest BCUT2D eigenvalue weighted by molar-refractivity contribution is 7.94. The van der Waals surface area contributed by atoms with Crippen LogP contribution in [-0.2, 0) is 25.0 Å². The molecule has 0 spiro atoms. The molecule has 4 amide bonds. The molecule has 14 heteroatoms. The van der Waals surface area contributed by atoms with E-state index in [9.17, 15) is 22.8 Å². The van der Waals surface area contributed by atoms with Gasteiger partial charge in [0.05, 0.1) is 23.5 Å². The fraction of sp³-hybridized carbons (Fsp3) is 0.458. The standard InChI is InChI=1S/C24H26N6O5S3/c1-13-10-18(16-7-9-37-21(16)38(13,34)35)30-11-17(27-28-30)14(2)25-20(31)12-29-22(32)24(15-5-6-15,26-23(29)33)19-4-3-8-36-19/h3-4,7-9,11,13-15,18H,5-6,10,12H2,1-2H3,(H,25,31)(H,26,33)/t13-,14?,18-,24?/m0/s1. The summed E-state index contributed by atoms with van der Waals surface area (Å²) in [7, 11) is -3.35. The Morgan fingerprint density at radius 1 is 1.26 bits per heavy atom. The number of hydrogen-bond donors (Lipinski definition) is 2. The minimum Gasteiger partial charge on any atom is -0.346 e. The first kappa shape index (κ1) is 25.2. The van der Waals surface area contributed by atoms with Gasteiger partial charge in [-0.15, -0.1) is 27.8 Å². The average Bonchev–Trinajstić information content (AvgIpc) is 3.30. The first-order valence-corrected chi connectivity index (χ1v) is 15.6. The molecule has 0 aromatic carbocycles. The molecular formula is C24H26N6O5S3. The van der Waals surface area contributed by atoms with Crippen LogP contribution in [0.5, 0.6) is 0 Å². The number of nitrogens with one attached hydrogen (secondary N) is 2. The van der Waals surface area contributed by atoms with Crippen LogP contribution < -0.4 is 10.6 Å². The number of aromatic nitrogens is 3. The zero-order chi connectivity index (χ0) is 26.8. The van der Waals surface area contributed by atoms with Gasteiger partial charge >= 0.3 is 6.03 Å². The van der Waals surface area contributed by atoms with Gasteiger partial charge in [-0.05, 0) is 61.9 Å². The fourth-order valence-electron chi connectivity index (χ4n) is 5.33. The zero-order valence-corrected chi connectivity index (χ0v) is 23.1. The van der Waals surface area contributed by atoms with E-state index >= 15 is 0 Å². The molecule has 200 valence electrons. The lowest BCUT2D eigenvalue weighted by Gasteiger charge is -2.27. The Morgan fingerprint density at radius 2 is 2.05 bits per heavy atom. The van der Waals surface area contributed by atoms with Gasteiger partial charge in [0.2, 0.25) is 5.91 Å². The maximum atomic E-state index is 13.4. The van der Waals surface area contributed by atoms with Crippen molar-refractivity contribution >= 4 is 50.4 Å². The van der Waals surface area contributed by atoms with Crippen LogP contribution in [0, 0.1) is 5.92 Å². The van der Waals surface area contributed by atoms with Gasteiger partial charge in [0.25, 0.3) is 5.91 Å². The van der Waals surface area contributed by atoms with E-state index < -0.39 is 51.1 Å². The highest BCUT2D eigenvalue weighted by atomic mass is 32.2. The van der Waals surface area contributed by atoms with E-state index in [2.05, 4.69) is 20.9 Å². The number of carbonyl (C=O) groups is 3. The average molecular weight is 575 g/mol. The van der Waals surface area contributed by atoms with Gasteiger partial charge in [0.15, 0.2) is 15.4 Å². The summed E-state index contributed by atoms with van der Waals surface area (Å²) < 4.78 is 27.3. The topological polar surface area (TPSA) is 143 Å². The van der Waals surface area contributed by atoms with Gasteiger partial charge in [0, 0.05) is 10.4 Å². The van der Waals surface area contributed by atoms with Crippen molar-refractivity contribution < 1.29 is 22.8 Å². The van der Waals surface area contributed by atoms with Crippen molar-refractivity contribution in [1.29, 1.82) is 0 Å². The maximum absolute atomic E-state index is 13.4. The van der Waals surface area contributed by atoms with Crippen LogP contribution in [0.15, 0.2) is 39.4 Å². The summed E-state index contributed by atoms with van der Waals surface area (Å²) in [4.78, 5) is 40.9. The van der Waals surface area contributed by atoms with Crippen LogP contribution in [0.3, 0.4) is 0 Å². The number of thiophene rings is 2. The van der Waals surface area contributed by atoms with E-state index in [-0.39, 0.29) is 12.0 Å². The van der Waals surface area contributed by atoms with Gasteiger partial charge in [-0.2, -0.15) is 0 Å². The number of carbonyl (C=O) groups excluding carboxylic acids is 3. The van der Waals surface area contributed by atoms with Gasteiger partial charge < -0.3 is 10.6 Å². The van der Waals surface area contributed by atoms with Crippen LogP contribution in [-0.4, -0.2) is 58.0 Å². The third-order valence-electron chi connectivity index (χ3n) is 7.56. The Balaban J connectivity index is 1.15. The molecule has 2 fully saturated rings. The minimum atomic E-state index is -3.35. The highest BCUT2D eigenvalue weighted by Crippen LogP contribution is 2.50. The molecule has 0 radical (unpaired) electrons. The van der Waals surface area contributed by atoms with Crippen LogP contribution in [0.4, 0.5) is 4.79 Å². The molecule has 6 rings (SSSR count). The number of nitrogens with zero attached hydrogens (tertiary/aromatic N) is 4. The van der Waals surface area contributed by atoms with Crippen LogP contribution in [0.2, 0.25) is 0 Å². The van der Waals surface area contributed by atoms with Crippen molar-refractivity contribution in [3.05, 3.63) is 51.3 Å². The van der Waals surface area contributed by atoms with Crippen LogP contribution in [0.25, 0.3) is 0 Å². The smallest absolute Gasteiger partial charge is 0.325 e. The number of rotatable bonds is 7.